The van der Waals surface area contributed by atoms with Crippen LogP contribution < -0.4 is 4.74 Å². The van der Waals surface area contributed by atoms with Gasteiger partial charge >= 0.3 is 5.82 Å². The molecule has 0 aliphatic carbocycles. The van der Waals surface area contributed by atoms with Gasteiger partial charge in [-0.1, -0.05) is 20.8 Å². The minimum atomic E-state index is -1.95. The molecule has 0 amide bonds. The van der Waals surface area contributed by atoms with Gasteiger partial charge in [0.25, 0.3) is 4.73 Å². The molecule has 1 unspecified atom stereocenters. The van der Waals surface area contributed by atoms with E-state index in [4.69, 9.17) is 9.16 Å². The molecule has 29 heavy (non-hydrogen) atoms. The van der Waals surface area contributed by atoms with Crippen LogP contribution in [0.3, 0.4) is 0 Å². The lowest BCUT2D eigenvalue weighted by Crippen LogP contribution is -2.42. The lowest BCUT2D eigenvalue weighted by atomic mass is 10.2. The number of aromatic nitrogens is 3. The molecule has 2 heterocycles. The number of rotatable bonds is 9. The molecule has 160 valence electrons. The van der Waals surface area contributed by atoms with E-state index < -0.39 is 13.2 Å². The first-order valence-electron chi connectivity index (χ1n) is 9.14. The van der Waals surface area contributed by atoms with Crippen LogP contribution in [0.15, 0.2) is 33.9 Å². The van der Waals surface area contributed by atoms with Crippen LogP contribution in [0.5, 0.6) is 5.75 Å². The summed E-state index contributed by atoms with van der Waals surface area (Å²) in [6, 6.07) is 3.65. The standard InChI is InChI=1S/C18H26Br2N4O4Si/c1-18(2,3)29(4,5)28-12-13(11-27-14-6-7-15(19)21-8-14)9-23-10-16(24(25)26)22-17(23)20/h6-8,10,13H,9,11-12H2,1-5H3. The number of ether oxygens (including phenoxy) is 1. The molecule has 0 fully saturated rings. The average Bonchev–Trinajstić information content (AvgIpc) is 2.98. The quantitative estimate of drug-likeness (QED) is 0.179. The second-order valence-electron chi connectivity index (χ2n) is 8.34. The summed E-state index contributed by atoms with van der Waals surface area (Å²) in [5.41, 5.74) is 0. The Morgan fingerprint density at radius 1 is 1.28 bits per heavy atom. The fourth-order valence-electron chi connectivity index (χ4n) is 2.23. The normalized spacial score (nSPS) is 13.3. The minimum absolute atomic E-state index is 0.0297. The van der Waals surface area contributed by atoms with E-state index in [9.17, 15) is 10.1 Å². The molecular weight excluding hydrogens is 524 g/mol. The molecule has 8 nitrogen and oxygen atoms in total. The highest BCUT2D eigenvalue weighted by Crippen LogP contribution is 2.37. The van der Waals surface area contributed by atoms with Crippen molar-refractivity contribution in [2.24, 2.45) is 5.92 Å². The fraction of sp³-hybridized carbons (Fsp3) is 0.556. The molecule has 0 saturated carbocycles. The minimum Gasteiger partial charge on any atom is -0.492 e. The second-order valence-corrected chi connectivity index (χ2v) is 14.7. The van der Waals surface area contributed by atoms with Crippen LogP contribution in [0.2, 0.25) is 18.1 Å². The number of halogens is 2. The Hall–Kier alpha value is -1.30. The van der Waals surface area contributed by atoms with Crippen LogP contribution >= 0.6 is 31.9 Å². The number of imidazole rings is 1. The van der Waals surface area contributed by atoms with E-state index in [0.717, 1.165) is 4.60 Å². The second kappa shape index (κ2) is 9.67. The van der Waals surface area contributed by atoms with Gasteiger partial charge in [0.1, 0.15) is 16.5 Å². The fourth-order valence-corrected chi connectivity index (χ4v) is 3.98. The maximum absolute atomic E-state index is 11.0. The van der Waals surface area contributed by atoms with Crippen molar-refractivity contribution in [3.63, 3.8) is 0 Å². The van der Waals surface area contributed by atoms with Crippen molar-refractivity contribution in [3.05, 3.63) is 44.0 Å². The van der Waals surface area contributed by atoms with E-state index in [1.54, 1.807) is 10.8 Å². The van der Waals surface area contributed by atoms with E-state index in [-0.39, 0.29) is 16.8 Å². The van der Waals surface area contributed by atoms with Crippen molar-refractivity contribution in [1.29, 1.82) is 0 Å². The Labute approximate surface area is 188 Å². The van der Waals surface area contributed by atoms with Gasteiger partial charge in [0, 0.05) is 35.0 Å². The number of pyridine rings is 1. The summed E-state index contributed by atoms with van der Waals surface area (Å²) in [7, 11) is -1.95. The van der Waals surface area contributed by atoms with Gasteiger partial charge in [-0.3, -0.25) is 4.57 Å². The Kier molecular flexibility index (Phi) is 7.99. The molecule has 0 N–H and O–H groups in total. The lowest BCUT2D eigenvalue weighted by Gasteiger charge is -2.37. The number of nitro groups is 1. The molecule has 0 aliphatic rings. The zero-order chi connectivity index (χ0) is 21.8. The van der Waals surface area contributed by atoms with E-state index >= 15 is 0 Å². The van der Waals surface area contributed by atoms with Gasteiger partial charge in [-0.2, -0.15) is 0 Å². The number of hydrogen-bond acceptors (Lipinski definition) is 6. The average molecular weight is 550 g/mol. The predicted octanol–water partition coefficient (Wildman–Crippen LogP) is 5.43. The van der Waals surface area contributed by atoms with Crippen molar-refractivity contribution in [1.82, 2.24) is 14.5 Å². The molecule has 11 heteroatoms. The van der Waals surface area contributed by atoms with Crippen LogP contribution in [-0.2, 0) is 11.0 Å². The van der Waals surface area contributed by atoms with Crippen LogP contribution in [0, 0.1) is 16.0 Å². The Morgan fingerprint density at radius 2 is 1.97 bits per heavy atom. The summed E-state index contributed by atoms with van der Waals surface area (Å²) in [5.74, 6) is 0.429. The molecule has 0 bridgehead atoms. The highest BCUT2D eigenvalue weighted by molar-refractivity contribution is 9.10. The highest BCUT2D eigenvalue weighted by Gasteiger charge is 2.37. The summed E-state index contributed by atoms with van der Waals surface area (Å²) in [4.78, 5) is 18.6. The van der Waals surface area contributed by atoms with Crippen molar-refractivity contribution in [2.75, 3.05) is 13.2 Å². The van der Waals surface area contributed by atoms with E-state index in [1.165, 1.54) is 6.20 Å². The summed E-state index contributed by atoms with van der Waals surface area (Å²) < 4.78 is 15.1. The molecule has 0 aromatic carbocycles. The molecule has 0 aliphatic heterocycles. The van der Waals surface area contributed by atoms with Crippen LogP contribution in [0.1, 0.15) is 20.8 Å². The zero-order valence-electron chi connectivity index (χ0n) is 17.2. The molecular formula is C18H26Br2N4O4Si. The molecule has 0 radical (unpaired) electrons. The number of hydrogen-bond donors (Lipinski definition) is 0. The maximum Gasteiger partial charge on any atom is 0.382 e. The van der Waals surface area contributed by atoms with Gasteiger partial charge in [0.05, 0.1) is 12.8 Å². The molecule has 0 saturated heterocycles. The molecule has 2 rings (SSSR count). The Morgan fingerprint density at radius 3 is 2.48 bits per heavy atom. The maximum atomic E-state index is 11.0. The van der Waals surface area contributed by atoms with Gasteiger partial charge in [-0.15, -0.1) is 0 Å². The highest BCUT2D eigenvalue weighted by atomic mass is 79.9. The van der Waals surface area contributed by atoms with Gasteiger partial charge < -0.3 is 19.3 Å². The Bertz CT molecular complexity index is 837. The number of nitrogens with zero attached hydrogens (tertiary/aromatic N) is 4. The first-order chi connectivity index (χ1) is 13.4. The largest absolute Gasteiger partial charge is 0.492 e. The van der Waals surface area contributed by atoms with E-state index in [0.29, 0.717) is 30.2 Å². The summed E-state index contributed by atoms with van der Waals surface area (Å²) in [5, 5.41) is 11.1. The molecule has 2 aromatic rings. The summed E-state index contributed by atoms with van der Waals surface area (Å²) in [6.07, 6.45) is 3.07. The third kappa shape index (κ3) is 6.87. The lowest BCUT2D eigenvalue weighted by molar-refractivity contribution is -0.389. The van der Waals surface area contributed by atoms with Crippen LogP contribution in [-0.4, -0.2) is 41.0 Å². The van der Waals surface area contributed by atoms with Gasteiger partial charge in [0.15, 0.2) is 8.32 Å². The van der Waals surface area contributed by atoms with Crippen molar-refractivity contribution >= 4 is 46.0 Å². The van der Waals surface area contributed by atoms with Gasteiger partial charge in [-0.05, 0) is 56.1 Å². The molecule has 0 spiro atoms. The van der Waals surface area contributed by atoms with Gasteiger partial charge in [0.2, 0.25) is 0 Å². The summed E-state index contributed by atoms with van der Waals surface area (Å²) in [6.45, 7) is 12.3. The predicted molar refractivity (Wildman–Crippen MR) is 121 cm³/mol. The first kappa shape index (κ1) is 24.0. The third-order valence-electron chi connectivity index (χ3n) is 5.03. The topological polar surface area (TPSA) is 92.3 Å². The van der Waals surface area contributed by atoms with Gasteiger partial charge in [-0.25, -0.2) is 4.98 Å². The van der Waals surface area contributed by atoms with Crippen LogP contribution in [0.4, 0.5) is 5.82 Å². The van der Waals surface area contributed by atoms with E-state index in [2.05, 4.69) is 75.7 Å². The van der Waals surface area contributed by atoms with E-state index in [1.807, 2.05) is 12.1 Å². The first-order valence-corrected chi connectivity index (χ1v) is 13.6. The van der Waals surface area contributed by atoms with Crippen molar-refractivity contribution in [3.8, 4) is 5.75 Å². The monoisotopic (exact) mass is 548 g/mol. The SMILES string of the molecule is CC(C)(C)[Si](C)(C)OCC(COc1ccc(Br)nc1)Cn1cc([N+](=O)[O-])nc1Br. The van der Waals surface area contributed by atoms with Crippen molar-refractivity contribution in [2.45, 2.75) is 45.4 Å². The Balaban J connectivity index is 2.13. The molecule has 1 atom stereocenters. The molecule has 2 aromatic heterocycles. The third-order valence-corrected chi connectivity index (χ3v) is 10.6. The van der Waals surface area contributed by atoms with Crippen LogP contribution in [0.25, 0.3) is 0 Å². The van der Waals surface area contributed by atoms with Crippen molar-refractivity contribution < 1.29 is 14.1 Å². The summed E-state index contributed by atoms with van der Waals surface area (Å²) >= 11 is 6.60. The smallest absolute Gasteiger partial charge is 0.382 e. The zero-order valence-corrected chi connectivity index (χ0v) is 21.4.